The number of carbonyl (C=O) groups is 1. The number of hydrogen-bond donors (Lipinski definition) is 1. The van der Waals surface area contributed by atoms with Crippen molar-refractivity contribution in [2.24, 2.45) is 28.9 Å². The highest BCUT2D eigenvalue weighted by Gasteiger charge is 2.82. The highest BCUT2D eigenvalue weighted by molar-refractivity contribution is 5.89. The minimum atomic E-state index is -0.173. The van der Waals surface area contributed by atoms with E-state index in [0.29, 0.717) is 36.2 Å². The van der Waals surface area contributed by atoms with Gasteiger partial charge in [0.25, 0.3) is 0 Å². The number of carbonyl (C=O) groups excluding carboxylic acids is 1. The van der Waals surface area contributed by atoms with Crippen molar-refractivity contribution in [3.63, 3.8) is 0 Å². The van der Waals surface area contributed by atoms with E-state index >= 15 is 0 Å². The molecule has 0 saturated heterocycles. The third-order valence-electron chi connectivity index (χ3n) is 8.34. The quantitative estimate of drug-likeness (QED) is 0.898. The van der Waals surface area contributed by atoms with Gasteiger partial charge in [0, 0.05) is 30.7 Å². The number of nitrogens with two attached hydrogens (primary N) is 1. The molecule has 5 heteroatoms. The van der Waals surface area contributed by atoms with Crippen LogP contribution in [0.4, 0.5) is 0 Å². The van der Waals surface area contributed by atoms with Crippen LogP contribution in [0, 0.1) is 23.2 Å². The molecule has 4 bridgehead atoms. The molecule has 0 aromatic carbocycles. The van der Waals surface area contributed by atoms with Gasteiger partial charge in [-0.1, -0.05) is 19.3 Å². The summed E-state index contributed by atoms with van der Waals surface area (Å²) in [6, 6.07) is 0.755. The third-order valence-corrected chi connectivity index (χ3v) is 8.34. The molecule has 2 N–H and O–H groups in total. The molecule has 1 aromatic heterocycles. The van der Waals surface area contributed by atoms with Gasteiger partial charge < -0.3 is 15.2 Å². The fraction of sp³-hybridized carbons (Fsp3) is 0.800. The van der Waals surface area contributed by atoms with E-state index in [9.17, 15) is 4.79 Å². The molecular weight excluding hydrogens is 312 g/mol. The Morgan fingerprint density at radius 3 is 2.64 bits per heavy atom. The SMILES string of the molecule is NC1C2CC3C(C2)C13C(=O)N1CCc2c(ncn2C2CCCCC2)C1. The van der Waals surface area contributed by atoms with Gasteiger partial charge in [0.05, 0.1) is 24.0 Å². The molecule has 1 amide bonds. The summed E-state index contributed by atoms with van der Waals surface area (Å²) in [5.74, 6) is 2.17. The van der Waals surface area contributed by atoms with Crippen LogP contribution in [0.1, 0.15) is 62.4 Å². The third kappa shape index (κ3) is 1.73. The van der Waals surface area contributed by atoms with E-state index in [1.54, 1.807) is 0 Å². The predicted molar refractivity (Wildman–Crippen MR) is 93.6 cm³/mol. The molecule has 25 heavy (non-hydrogen) atoms. The summed E-state index contributed by atoms with van der Waals surface area (Å²) >= 11 is 0. The standard InChI is InChI=1S/C20H28N4O/c21-18-12-8-14-15(9-12)20(14,18)19(25)23-7-6-17-16(10-23)22-11-24(17)13-4-2-1-3-5-13/h11-15,18H,1-10,21H2. The van der Waals surface area contributed by atoms with E-state index in [4.69, 9.17) is 10.7 Å². The van der Waals surface area contributed by atoms with Crippen molar-refractivity contribution in [2.45, 2.75) is 70.0 Å². The lowest BCUT2D eigenvalue weighted by Crippen LogP contribution is -2.47. The fourth-order valence-electron chi connectivity index (χ4n) is 7.12. The summed E-state index contributed by atoms with van der Waals surface area (Å²) in [6.07, 6.45) is 12.0. The first-order valence-electron chi connectivity index (χ1n) is 10.3. The summed E-state index contributed by atoms with van der Waals surface area (Å²) in [6.45, 7) is 1.55. The molecule has 3 unspecified atom stereocenters. The summed E-state index contributed by atoms with van der Waals surface area (Å²) < 4.78 is 2.44. The van der Waals surface area contributed by atoms with Crippen LogP contribution in [-0.4, -0.2) is 32.9 Å². The van der Waals surface area contributed by atoms with E-state index < -0.39 is 0 Å². The highest BCUT2D eigenvalue weighted by Crippen LogP contribution is 2.78. The molecule has 2 heterocycles. The maximum atomic E-state index is 13.3. The minimum Gasteiger partial charge on any atom is -0.336 e. The Hall–Kier alpha value is -1.36. The van der Waals surface area contributed by atoms with E-state index in [1.807, 2.05) is 6.33 Å². The molecule has 0 spiro atoms. The van der Waals surface area contributed by atoms with Crippen LogP contribution in [0.3, 0.4) is 0 Å². The Labute approximate surface area is 149 Å². The van der Waals surface area contributed by atoms with Gasteiger partial charge in [-0.15, -0.1) is 0 Å². The number of nitrogens with zero attached hydrogens (tertiary/aromatic N) is 3. The predicted octanol–water partition coefficient (Wildman–Crippen LogP) is 2.26. The fourth-order valence-corrected chi connectivity index (χ4v) is 7.12. The smallest absolute Gasteiger partial charge is 0.231 e. The number of rotatable bonds is 2. The molecule has 1 aliphatic heterocycles. The Balaban J connectivity index is 1.23. The lowest BCUT2D eigenvalue weighted by molar-refractivity contribution is -0.139. The second-order valence-electron chi connectivity index (χ2n) is 9.22. The normalized spacial score (nSPS) is 41.9. The van der Waals surface area contributed by atoms with Gasteiger partial charge in [0.1, 0.15) is 0 Å². The number of imidazole rings is 1. The molecular formula is C20H28N4O. The van der Waals surface area contributed by atoms with Crippen molar-refractivity contribution in [3.8, 4) is 0 Å². The van der Waals surface area contributed by atoms with Crippen LogP contribution in [0.2, 0.25) is 0 Å². The Bertz CT molecular complexity index is 722. The van der Waals surface area contributed by atoms with Crippen molar-refractivity contribution < 1.29 is 4.79 Å². The molecule has 5 fully saturated rings. The topological polar surface area (TPSA) is 64.2 Å². The average molecular weight is 340 g/mol. The van der Waals surface area contributed by atoms with E-state index in [0.717, 1.165) is 18.7 Å². The van der Waals surface area contributed by atoms with E-state index in [-0.39, 0.29) is 11.5 Å². The zero-order chi connectivity index (χ0) is 16.8. The van der Waals surface area contributed by atoms with Crippen molar-refractivity contribution >= 4 is 5.91 Å². The zero-order valence-electron chi connectivity index (χ0n) is 14.9. The molecule has 1 aromatic rings. The summed E-state index contributed by atoms with van der Waals surface area (Å²) in [5, 5.41) is 0. The monoisotopic (exact) mass is 340 g/mol. The molecule has 7 rings (SSSR count). The number of fused-ring (bicyclic) bond motifs is 1. The second-order valence-corrected chi connectivity index (χ2v) is 9.22. The van der Waals surface area contributed by atoms with Crippen molar-refractivity contribution in [1.82, 2.24) is 14.5 Å². The van der Waals surface area contributed by atoms with Crippen LogP contribution in [0.25, 0.3) is 0 Å². The molecule has 134 valence electrons. The van der Waals surface area contributed by atoms with Crippen molar-refractivity contribution in [2.75, 3.05) is 6.54 Å². The van der Waals surface area contributed by atoms with Crippen LogP contribution in [0.5, 0.6) is 0 Å². The van der Waals surface area contributed by atoms with Crippen LogP contribution in [-0.2, 0) is 17.8 Å². The maximum Gasteiger partial charge on any atom is 0.231 e. The van der Waals surface area contributed by atoms with Gasteiger partial charge in [0.15, 0.2) is 0 Å². The largest absolute Gasteiger partial charge is 0.336 e. The number of amides is 1. The van der Waals surface area contributed by atoms with Gasteiger partial charge in [-0.25, -0.2) is 4.98 Å². The summed E-state index contributed by atoms with van der Waals surface area (Å²) in [5.41, 5.74) is 8.83. The highest BCUT2D eigenvalue weighted by atomic mass is 16.2. The molecule has 5 nitrogen and oxygen atoms in total. The number of hydrogen-bond acceptors (Lipinski definition) is 3. The second kappa shape index (κ2) is 4.87. The van der Waals surface area contributed by atoms with Gasteiger partial charge in [-0.05, 0) is 43.4 Å². The Morgan fingerprint density at radius 2 is 1.96 bits per heavy atom. The first-order valence-corrected chi connectivity index (χ1v) is 10.3. The van der Waals surface area contributed by atoms with E-state index in [2.05, 4.69) is 9.47 Å². The van der Waals surface area contributed by atoms with E-state index in [1.165, 1.54) is 50.6 Å². The molecule has 3 atom stereocenters. The van der Waals surface area contributed by atoms with Crippen molar-refractivity contribution in [1.29, 1.82) is 0 Å². The van der Waals surface area contributed by atoms with Crippen LogP contribution >= 0.6 is 0 Å². The summed E-state index contributed by atoms with van der Waals surface area (Å²) in [7, 11) is 0. The first kappa shape index (κ1) is 14.8. The lowest BCUT2D eigenvalue weighted by Gasteiger charge is -2.33. The van der Waals surface area contributed by atoms with Crippen LogP contribution < -0.4 is 5.73 Å². The maximum absolute atomic E-state index is 13.3. The Kier molecular flexibility index (Phi) is 2.88. The molecule has 6 aliphatic rings. The average Bonchev–Trinajstić information content (AvgIpc) is 3.13. The lowest BCUT2D eigenvalue weighted by atomic mass is 9.94. The van der Waals surface area contributed by atoms with Gasteiger partial charge in [-0.2, -0.15) is 0 Å². The molecule has 0 radical (unpaired) electrons. The Morgan fingerprint density at radius 1 is 1.20 bits per heavy atom. The van der Waals surface area contributed by atoms with Gasteiger partial charge in [-0.3, -0.25) is 4.79 Å². The van der Waals surface area contributed by atoms with Crippen LogP contribution in [0.15, 0.2) is 6.33 Å². The minimum absolute atomic E-state index is 0.121. The first-order chi connectivity index (χ1) is 12.2. The summed E-state index contributed by atoms with van der Waals surface area (Å²) in [4.78, 5) is 20.1. The zero-order valence-corrected chi connectivity index (χ0v) is 14.9. The van der Waals surface area contributed by atoms with Crippen molar-refractivity contribution in [3.05, 3.63) is 17.7 Å². The number of aromatic nitrogens is 2. The molecule has 5 aliphatic carbocycles. The van der Waals surface area contributed by atoms with Gasteiger partial charge in [0.2, 0.25) is 5.91 Å². The van der Waals surface area contributed by atoms with Gasteiger partial charge >= 0.3 is 0 Å². The molecule has 5 saturated carbocycles.